The number of benzene rings is 1. The van der Waals surface area contributed by atoms with Gasteiger partial charge in [-0.25, -0.2) is 23.1 Å². The van der Waals surface area contributed by atoms with E-state index in [1.807, 2.05) is 46.8 Å². The first kappa shape index (κ1) is 17.0. The number of anilines is 1. The molecular weight excluding hydrogens is 386 g/mol. The second-order valence-electron chi connectivity index (χ2n) is 7.10. The van der Waals surface area contributed by atoms with Gasteiger partial charge in [0, 0.05) is 44.4 Å². The van der Waals surface area contributed by atoms with Crippen LogP contribution in [0.2, 0.25) is 5.02 Å². The van der Waals surface area contributed by atoms with Gasteiger partial charge in [-0.05, 0) is 18.2 Å². The molecule has 0 radical (unpaired) electrons. The number of hydrogen-bond acceptors (Lipinski definition) is 5. The largest absolute Gasteiger partial charge is 0.355 e. The Morgan fingerprint density at radius 3 is 2.85 bits per heavy atom. The number of imidazole rings is 1. The van der Waals surface area contributed by atoms with Crippen LogP contribution >= 0.6 is 11.6 Å². The highest BCUT2D eigenvalue weighted by Crippen LogP contribution is 2.35. The number of aryl methyl sites for hydroxylation is 1. The first-order chi connectivity index (χ1) is 12.9. The number of para-hydroxylation sites is 2. The highest BCUT2D eigenvalue weighted by Gasteiger charge is 2.46. The summed E-state index contributed by atoms with van der Waals surface area (Å²) in [6.45, 7) is 1.60. The number of hydrogen-bond donors (Lipinski definition) is 1. The van der Waals surface area contributed by atoms with E-state index in [0.717, 1.165) is 28.2 Å². The summed E-state index contributed by atoms with van der Waals surface area (Å²) in [5.41, 5.74) is 2.71. The van der Waals surface area contributed by atoms with E-state index >= 15 is 0 Å². The van der Waals surface area contributed by atoms with Crippen LogP contribution in [-0.2, 0) is 17.1 Å². The number of sulfonamides is 1. The van der Waals surface area contributed by atoms with Crippen LogP contribution in [0.1, 0.15) is 0 Å². The van der Waals surface area contributed by atoms with Crippen LogP contribution in [-0.4, -0.2) is 47.8 Å². The minimum absolute atomic E-state index is 0.0895. The monoisotopic (exact) mass is 403 g/mol. The summed E-state index contributed by atoms with van der Waals surface area (Å²) in [6, 6.07) is 9.82. The molecule has 140 valence electrons. The van der Waals surface area contributed by atoms with E-state index in [9.17, 15) is 8.42 Å². The highest BCUT2D eigenvalue weighted by molar-refractivity contribution is 7.90. The van der Waals surface area contributed by atoms with Crippen molar-refractivity contribution in [1.82, 2.24) is 19.3 Å². The molecule has 4 heterocycles. The zero-order valence-electron chi connectivity index (χ0n) is 14.6. The van der Waals surface area contributed by atoms with Crippen LogP contribution in [0.5, 0.6) is 0 Å². The molecule has 1 N–H and O–H groups in total. The van der Waals surface area contributed by atoms with E-state index in [1.165, 1.54) is 0 Å². The molecule has 1 aromatic carbocycles. The first-order valence-corrected chi connectivity index (χ1v) is 10.7. The second kappa shape index (κ2) is 5.92. The lowest BCUT2D eigenvalue weighted by Crippen LogP contribution is -2.31. The predicted octanol–water partition coefficient (Wildman–Crippen LogP) is 2.03. The van der Waals surface area contributed by atoms with Crippen molar-refractivity contribution in [2.45, 2.75) is 5.25 Å². The van der Waals surface area contributed by atoms with Gasteiger partial charge in [0.15, 0.2) is 0 Å². The van der Waals surface area contributed by atoms with Gasteiger partial charge in [0.05, 0.1) is 21.3 Å². The standard InChI is InChI=1S/C18H18ClN5O2S/c1-23-15-5-3-2-4-14(15)22-18(23)12-6-17(20-8-13(12)19)24-9-11-7-21-27(25,26)16(11)10-24/h2-6,8,11,16,21H,7,9-10H2,1H3/t11-,16+/m0/s1. The SMILES string of the molecule is Cn1c(-c2cc(N3C[C@@H]4CNS(=O)(=O)[C@@H]4C3)ncc2Cl)nc2ccccc21. The molecule has 2 aliphatic heterocycles. The molecular formula is C18H18ClN5O2S. The molecule has 7 nitrogen and oxygen atoms in total. The van der Waals surface area contributed by atoms with E-state index < -0.39 is 10.0 Å². The van der Waals surface area contributed by atoms with Gasteiger partial charge in [0.1, 0.15) is 11.6 Å². The zero-order valence-corrected chi connectivity index (χ0v) is 16.2. The lowest BCUT2D eigenvalue weighted by atomic mass is 10.1. The summed E-state index contributed by atoms with van der Waals surface area (Å²) in [4.78, 5) is 11.2. The number of aromatic nitrogens is 3. The van der Waals surface area contributed by atoms with Crippen LogP contribution in [0, 0.1) is 5.92 Å². The Balaban J connectivity index is 1.55. The van der Waals surface area contributed by atoms with Crippen molar-refractivity contribution in [1.29, 1.82) is 0 Å². The van der Waals surface area contributed by atoms with Crippen molar-refractivity contribution in [3.05, 3.63) is 41.6 Å². The molecule has 0 bridgehead atoms. The van der Waals surface area contributed by atoms with Gasteiger partial charge in [0.2, 0.25) is 10.0 Å². The maximum atomic E-state index is 12.1. The highest BCUT2D eigenvalue weighted by atomic mass is 35.5. The molecule has 0 amide bonds. The second-order valence-corrected chi connectivity index (χ2v) is 9.49. The summed E-state index contributed by atoms with van der Waals surface area (Å²) in [7, 11) is -1.26. The third-order valence-corrected chi connectivity index (χ3v) is 7.72. The average molecular weight is 404 g/mol. The molecule has 0 spiro atoms. The van der Waals surface area contributed by atoms with E-state index in [2.05, 4.69) is 9.71 Å². The van der Waals surface area contributed by atoms with Crippen LogP contribution in [0.4, 0.5) is 5.82 Å². The summed E-state index contributed by atoms with van der Waals surface area (Å²) >= 11 is 6.44. The quantitative estimate of drug-likeness (QED) is 0.708. The number of pyridine rings is 1. The Labute approximate surface area is 162 Å². The lowest BCUT2D eigenvalue weighted by molar-refractivity contribution is 0.582. The van der Waals surface area contributed by atoms with Crippen molar-refractivity contribution in [3.63, 3.8) is 0 Å². The molecule has 2 atom stereocenters. The van der Waals surface area contributed by atoms with E-state index in [-0.39, 0.29) is 11.2 Å². The molecule has 0 unspecified atom stereocenters. The van der Waals surface area contributed by atoms with Gasteiger partial charge in [-0.15, -0.1) is 0 Å². The Morgan fingerprint density at radius 2 is 2.07 bits per heavy atom. The Morgan fingerprint density at radius 1 is 1.26 bits per heavy atom. The fourth-order valence-corrected chi connectivity index (χ4v) is 5.98. The van der Waals surface area contributed by atoms with Gasteiger partial charge < -0.3 is 9.47 Å². The fourth-order valence-electron chi connectivity index (χ4n) is 4.06. The van der Waals surface area contributed by atoms with Gasteiger partial charge >= 0.3 is 0 Å². The molecule has 2 saturated heterocycles. The minimum atomic E-state index is -3.22. The number of nitrogens with one attached hydrogen (secondary N) is 1. The third-order valence-electron chi connectivity index (χ3n) is 5.52. The fraction of sp³-hybridized carbons (Fsp3) is 0.333. The topological polar surface area (TPSA) is 80.1 Å². The van der Waals surface area contributed by atoms with Crippen LogP contribution in [0.15, 0.2) is 36.5 Å². The first-order valence-electron chi connectivity index (χ1n) is 8.75. The van der Waals surface area contributed by atoms with Gasteiger partial charge in [-0.2, -0.15) is 0 Å². The van der Waals surface area contributed by atoms with Crippen LogP contribution in [0.25, 0.3) is 22.4 Å². The minimum Gasteiger partial charge on any atom is -0.355 e. The molecule has 0 aliphatic carbocycles. The molecule has 27 heavy (non-hydrogen) atoms. The lowest BCUT2D eigenvalue weighted by Gasteiger charge is -2.19. The molecule has 9 heteroatoms. The van der Waals surface area contributed by atoms with Gasteiger partial charge in [-0.1, -0.05) is 23.7 Å². The maximum absolute atomic E-state index is 12.1. The van der Waals surface area contributed by atoms with Crippen molar-refractivity contribution in [2.24, 2.45) is 13.0 Å². The summed E-state index contributed by atoms with van der Waals surface area (Å²) in [5.74, 6) is 1.58. The summed E-state index contributed by atoms with van der Waals surface area (Å²) in [6.07, 6.45) is 1.62. The molecule has 2 fully saturated rings. The van der Waals surface area contributed by atoms with E-state index in [1.54, 1.807) is 6.20 Å². The van der Waals surface area contributed by atoms with Gasteiger partial charge in [0.25, 0.3) is 0 Å². The molecule has 3 aromatic rings. The third kappa shape index (κ3) is 2.62. The number of nitrogens with zero attached hydrogens (tertiary/aromatic N) is 4. The maximum Gasteiger partial charge on any atom is 0.216 e. The Hall–Kier alpha value is -2.16. The Kier molecular flexibility index (Phi) is 3.72. The summed E-state index contributed by atoms with van der Waals surface area (Å²) < 4.78 is 28.9. The van der Waals surface area contributed by atoms with Crippen LogP contribution in [0.3, 0.4) is 0 Å². The number of fused-ring (bicyclic) bond motifs is 2. The van der Waals surface area contributed by atoms with Crippen molar-refractivity contribution >= 4 is 38.5 Å². The Bertz CT molecular complexity index is 1160. The molecule has 2 aromatic heterocycles. The zero-order chi connectivity index (χ0) is 18.8. The van der Waals surface area contributed by atoms with Crippen molar-refractivity contribution in [3.8, 4) is 11.4 Å². The van der Waals surface area contributed by atoms with Gasteiger partial charge in [-0.3, -0.25) is 0 Å². The predicted molar refractivity (Wildman–Crippen MR) is 105 cm³/mol. The average Bonchev–Trinajstić information content (AvgIpc) is 3.30. The molecule has 0 saturated carbocycles. The van der Waals surface area contributed by atoms with Crippen molar-refractivity contribution in [2.75, 3.05) is 24.5 Å². The van der Waals surface area contributed by atoms with Crippen LogP contribution < -0.4 is 9.62 Å². The van der Waals surface area contributed by atoms with Crippen molar-refractivity contribution < 1.29 is 8.42 Å². The normalized spacial score (nSPS) is 23.9. The number of halogens is 1. The summed E-state index contributed by atoms with van der Waals surface area (Å²) in [5, 5.41) is 0.139. The molecule has 5 rings (SSSR count). The smallest absolute Gasteiger partial charge is 0.216 e. The molecule has 2 aliphatic rings. The van der Waals surface area contributed by atoms with E-state index in [0.29, 0.717) is 24.7 Å². The number of rotatable bonds is 2. The van der Waals surface area contributed by atoms with E-state index in [4.69, 9.17) is 16.6 Å².